The predicted octanol–water partition coefficient (Wildman–Crippen LogP) is 3.85. The maximum atomic E-state index is 14.8. The number of aromatic nitrogens is 2. The van der Waals surface area contributed by atoms with Crippen LogP contribution in [0.15, 0.2) is 28.5 Å². The normalized spacial score (nSPS) is 12.3. The second-order valence-corrected chi connectivity index (χ2v) is 8.43. The first kappa shape index (κ1) is 19.9. The molecule has 1 atom stereocenters. The van der Waals surface area contributed by atoms with Gasteiger partial charge in [0, 0.05) is 29.1 Å². The Morgan fingerprint density at radius 3 is 2.81 bits per heavy atom. The Kier molecular flexibility index (Phi) is 5.92. The minimum Gasteiger partial charge on any atom is -0.462 e. The summed E-state index contributed by atoms with van der Waals surface area (Å²) >= 11 is 3.45. The molecular formula is C18H17FIN3O3S. The van der Waals surface area contributed by atoms with Gasteiger partial charge in [0.25, 0.3) is 0 Å². The van der Waals surface area contributed by atoms with Gasteiger partial charge in [0.1, 0.15) is 16.4 Å². The highest BCUT2D eigenvalue weighted by atomic mass is 127. The average Bonchev–Trinajstić information content (AvgIpc) is 3.10. The van der Waals surface area contributed by atoms with E-state index in [2.05, 4.69) is 27.6 Å². The predicted molar refractivity (Wildman–Crippen MR) is 112 cm³/mol. The molecule has 0 aliphatic heterocycles. The largest absolute Gasteiger partial charge is 0.462 e. The second-order valence-electron chi connectivity index (χ2n) is 5.77. The summed E-state index contributed by atoms with van der Waals surface area (Å²) in [7, 11) is 0. The molecule has 6 nitrogen and oxygen atoms in total. The summed E-state index contributed by atoms with van der Waals surface area (Å²) in [6.45, 7) is 3.98. The topological polar surface area (TPSA) is 87.2 Å². The third-order valence-corrected chi connectivity index (χ3v) is 5.52. The molecule has 1 unspecified atom stereocenters. The molecule has 0 amide bonds. The SMILES string of the molecule is CCOC(=O)c1cn(C(C)I)c2cc(-c3nc(CN)cs3)c(F)cc2c1=O. The third-order valence-electron chi connectivity index (χ3n) is 3.99. The number of carbonyl (C=O) groups is 1. The molecule has 0 aliphatic rings. The summed E-state index contributed by atoms with van der Waals surface area (Å²) in [6, 6.07) is 2.75. The van der Waals surface area contributed by atoms with Crippen molar-refractivity contribution in [2.75, 3.05) is 6.61 Å². The number of thiazole rings is 1. The molecule has 3 aromatic rings. The number of nitrogens with zero attached hydrogens (tertiary/aromatic N) is 2. The van der Waals surface area contributed by atoms with Gasteiger partial charge >= 0.3 is 5.97 Å². The summed E-state index contributed by atoms with van der Waals surface area (Å²) in [5.41, 5.74) is 6.41. The first-order valence-electron chi connectivity index (χ1n) is 8.21. The Labute approximate surface area is 172 Å². The lowest BCUT2D eigenvalue weighted by Gasteiger charge is -2.16. The van der Waals surface area contributed by atoms with Gasteiger partial charge in [0.2, 0.25) is 5.43 Å². The van der Waals surface area contributed by atoms with Gasteiger partial charge in [-0.1, -0.05) is 22.6 Å². The Bertz CT molecular complexity index is 1080. The summed E-state index contributed by atoms with van der Waals surface area (Å²) in [5.74, 6) is -1.29. The molecule has 0 saturated carbocycles. The molecule has 0 spiro atoms. The van der Waals surface area contributed by atoms with E-state index in [1.807, 2.05) is 6.92 Å². The van der Waals surface area contributed by atoms with Crippen LogP contribution in [-0.4, -0.2) is 22.1 Å². The second kappa shape index (κ2) is 8.03. The van der Waals surface area contributed by atoms with Crippen LogP contribution in [0.3, 0.4) is 0 Å². The van der Waals surface area contributed by atoms with Crippen LogP contribution in [-0.2, 0) is 11.3 Å². The zero-order valence-corrected chi connectivity index (χ0v) is 17.6. The Morgan fingerprint density at radius 1 is 1.48 bits per heavy atom. The van der Waals surface area contributed by atoms with Crippen molar-refractivity contribution in [1.29, 1.82) is 0 Å². The highest BCUT2D eigenvalue weighted by Gasteiger charge is 2.21. The molecule has 142 valence electrons. The highest BCUT2D eigenvalue weighted by molar-refractivity contribution is 14.1. The highest BCUT2D eigenvalue weighted by Crippen LogP contribution is 2.31. The van der Waals surface area contributed by atoms with E-state index in [4.69, 9.17) is 10.5 Å². The maximum absolute atomic E-state index is 14.8. The third kappa shape index (κ3) is 3.76. The van der Waals surface area contributed by atoms with E-state index in [0.29, 0.717) is 21.8 Å². The fourth-order valence-corrected chi connectivity index (χ4v) is 4.02. The van der Waals surface area contributed by atoms with Gasteiger partial charge in [0.05, 0.1) is 21.9 Å². The summed E-state index contributed by atoms with van der Waals surface area (Å²) in [4.78, 5) is 29.2. The molecule has 0 fully saturated rings. The number of ether oxygens (including phenoxy) is 1. The number of esters is 1. The van der Waals surface area contributed by atoms with Crippen molar-refractivity contribution in [3.8, 4) is 10.6 Å². The van der Waals surface area contributed by atoms with E-state index in [-0.39, 0.29) is 28.1 Å². The van der Waals surface area contributed by atoms with Crippen molar-refractivity contribution in [2.24, 2.45) is 5.73 Å². The lowest BCUT2D eigenvalue weighted by atomic mass is 10.1. The van der Waals surface area contributed by atoms with Crippen molar-refractivity contribution in [2.45, 2.75) is 24.4 Å². The van der Waals surface area contributed by atoms with Crippen LogP contribution >= 0.6 is 33.9 Å². The zero-order valence-electron chi connectivity index (χ0n) is 14.7. The zero-order chi connectivity index (χ0) is 19.7. The van der Waals surface area contributed by atoms with Gasteiger partial charge in [-0.05, 0) is 26.0 Å². The molecule has 2 heterocycles. The Hall–Kier alpha value is -1.85. The molecule has 9 heteroatoms. The van der Waals surface area contributed by atoms with Crippen LogP contribution in [0, 0.1) is 5.82 Å². The number of carbonyl (C=O) groups excluding carboxylic acids is 1. The Morgan fingerprint density at radius 2 is 2.22 bits per heavy atom. The molecule has 2 aromatic heterocycles. The van der Waals surface area contributed by atoms with E-state index in [1.54, 1.807) is 22.9 Å². The van der Waals surface area contributed by atoms with Gasteiger partial charge in [-0.25, -0.2) is 14.2 Å². The lowest BCUT2D eigenvalue weighted by Crippen LogP contribution is -2.21. The number of halogens is 2. The minimum absolute atomic E-state index is 0.0897. The van der Waals surface area contributed by atoms with Crippen LogP contribution in [0.25, 0.3) is 21.5 Å². The number of alkyl halides is 1. The molecule has 0 radical (unpaired) electrons. The summed E-state index contributed by atoms with van der Waals surface area (Å²) in [6.07, 6.45) is 1.47. The van der Waals surface area contributed by atoms with Crippen molar-refractivity contribution in [3.63, 3.8) is 0 Å². The van der Waals surface area contributed by atoms with Crippen LogP contribution in [0.2, 0.25) is 0 Å². The molecule has 0 aliphatic carbocycles. The van der Waals surface area contributed by atoms with Gasteiger partial charge in [-0.15, -0.1) is 11.3 Å². The molecule has 27 heavy (non-hydrogen) atoms. The van der Waals surface area contributed by atoms with Crippen molar-refractivity contribution >= 4 is 50.8 Å². The summed E-state index contributed by atoms with van der Waals surface area (Å²) < 4.78 is 21.4. The number of nitrogens with two attached hydrogens (primary N) is 1. The van der Waals surface area contributed by atoms with Crippen molar-refractivity contribution in [3.05, 3.63) is 51.0 Å². The molecule has 3 rings (SSSR count). The van der Waals surface area contributed by atoms with E-state index < -0.39 is 17.2 Å². The number of pyridine rings is 1. The van der Waals surface area contributed by atoms with E-state index in [1.165, 1.54) is 17.5 Å². The number of rotatable bonds is 5. The maximum Gasteiger partial charge on any atom is 0.343 e. The van der Waals surface area contributed by atoms with E-state index >= 15 is 0 Å². The molecule has 1 aromatic carbocycles. The van der Waals surface area contributed by atoms with E-state index in [9.17, 15) is 14.0 Å². The van der Waals surface area contributed by atoms with Crippen LogP contribution < -0.4 is 11.2 Å². The molecule has 0 saturated heterocycles. The number of benzene rings is 1. The van der Waals surface area contributed by atoms with Gasteiger partial charge < -0.3 is 15.0 Å². The minimum atomic E-state index is -0.716. The number of fused-ring (bicyclic) bond motifs is 1. The summed E-state index contributed by atoms with van der Waals surface area (Å²) in [5, 5.41) is 2.39. The monoisotopic (exact) mass is 501 g/mol. The molecular weight excluding hydrogens is 484 g/mol. The fraction of sp³-hybridized carbons (Fsp3) is 0.278. The standard InChI is InChI=1S/C18H17FIN3O3S/c1-3-26-18(25)13-7-23(9(2)20)15-5-11(14(19)4-12(15)16(13)24)17-22-10(6-21)8-27-17/h4-5,7-9H,3,6,21H2,1-2H3. The van der Waals surface area contributed by atoms with Gasteiger partial charge in [0.15, 0.2) is 0 Å². The first-order chi connectivity index (χ1) is 12.9. The van der Waals surface area contributed by atoms with Crippen molar-refractivity contribution in [1.82, 2.24) is 9.55 Å². The fourth-order valence-electron chi connectivity index (χ4n) is 2.71. The van der Waals surface area contributed by atoms with E-state index in [0.717, 1.165) is 6.07 Å². The van der Waals surface area contributed by atoms with Crippen LogP contribution in [0.1, 0.15) is 33.9 Å². The van der Waals surface area contributed by atoms with Gasteiger partial charge in [-0.2, -0.15) is 0 Å². The van der Waals surface area contributed by atoms with Crippen molar-refractivity contribution < 1.29 is 13.9 Å². The average molecular weight is 501 g/mol. The molecule has 0 bridgehead atoms. The van der Waals surface area contributed by atoms with Crippen LogP contribution in [0.4, 0.5) is 4.39 Å². The van der Waals surface area contributed by atoms with Gasteiger partial charge in [-0.3, -0.25) is 4.79 Å². The first-order valence-corrected chi connectivity index (χ1v) is 10.3. The molecule has 2 N–H and O–H groups in total. The lowest BCUT2D eigenvalue weighted by molar-refractivity contribution is 0.0524. The smallest absolute Gasteiger partial charge is 0.343 e. The quantitative estimate of drug-likeness (QED) is 0.326. The van der Waals surface area contributed by atoms with Crippen LogP contribution in [0.5, 0.6) is 0 Å². The number of hydrogen-bond donors (Lipinski definition) is 1. The number of hydrogen-bond acceptors (Lipinski definition) is 6. The Balaban J connectivity index is 2.30.